The number of aliphatic hydroxyl groups excluding tert-OH is 1. The molecule has 4 heteroatoms. The van der Waals surface area contributed by atoms with Crippen LogP contribution in [0.4, 0.5) is 0 Å². The predicted molar refractivity (Wildman–Crippen MR) is 54.9 cm³/mol. The van der Waals surface area contributed by atoms with E-state index in [9.17, 15) is 9.90 Å². The van der Waals surface area contributed by atoms with Gasteiger partial charge in [0.05, 0.1) is 12.1 Å². The number of carbonyl (C=O) groups is 1. The summed E-state index contributed by atoms with van der Waals surface area (Å²) < 4.78 is 0. The molecule has 0 spiro atoms. The minimum absolute atomic E-state index is 0.0252. The number of nitrogens with one attached hydrogen (secondary N) is 2. The first-order chi connectivity index (χ1) is 6.65. The van der Waals surface area contributed by atoms with Crippen LogP contribution < -0.4 is 10.6 Å². The van der Waals surface area contributed by atoms with Gasteiger partial charge in [-0.3, -0.25) is 4.79 Å². The Morgan fingerprint density at radius 1 is 1.43 bits per heavy atom. The van der Waals surface area contributed by atoms with E-state index in [0.29, 0.717) is 0 Å². The van der Waals surface area contributed by atoms with Crippen LogP contribution in [0.1, 0.15) is 32.6 Å². The first kappa shape index (κ1) is 11.5. The van der Waals surface area contributed by atoms with E-state index in [1.807, 2.05) is 6.92 Å². The molecule has 0 radical (unpaired) electrons. The summed E-state index contributed by atoms with van der Waals surface area (Å²) in [5.41, 5.74) is 0. The lowest BCUT2D eigenvalue weighted by atomic mass is 9.92. The number of amides is 1. The summed E-state index contributed by atoms with van der Waals surface area (Å²) in [7, 11) is 1.62. The van der Waals surface area contributed by atoms with E-state index < -0.39 is 0 Å². The van der Waals surface area contributed by atoms with Crippen LogP contribution in [-0.2, 0) is 4.79 Å². The highest BCUT2D eigenvalue weighted by molar-refractivity contribution is 5.80. The minimum Gasteiger partial charge on any atom is -0.392 e. The van der Waals surface area contributed by atoms with Gasteiger partial charge in [-0.1, -0.05) is 12.8 Å². The van der Waals surface area contributed by atoms with Crippen LogP contribution in [0, 0.1) is 0 Å². The van der Waals surface area contributed by atoms with E-state index in [0.717, 1.165) is 25.7 Å². The smallest absolute Gasteiger partial charge is 0.236 e. The lowest BCUT2D eigenvalue weighted by Crippen LogP contribution is -2.51. The Bertz CT molecular complexity index is 197. The second-order valence-electron chi connectivity index (χ2n) is 3.96. The van der Waals surface area contributed by atoms with Gasteiger partial charge in [0.1, 0.15) is 0 Å². The molecular weight excluding hydrogens is 180 g/mol. The van der Waals surface area contributed by atoms with Gasteiger partial charge in [0, 0.05) is 13.1 Å². The normalized spacial score (nSPS) is 29.6. The fraction of sp³-hybridized carbons (Fsp3) is 0.900. The maximum absolute atomic E-state index is 11.2. The summed E-state index contributed by atoms with van der Waals surface area (Å²) in [4.78, 5) is 11.2. The molecule has 3 N–H and O–H groups in total. The quantitative estimate of drug-likeness (QED) is 0.601. The molecule has 0 aromatic carbocycles. The standard InChI is InChI=1S/C10H20N2O2/c1-7(10(14)11-2)12-8-5-3-4-6-9(8)13/h7-9,12-13H,3-6H2,1-2H3,(H,11,14)/t7?,8-,9-/m0/s1. The first-order valence-electron chi connectivity index (χ1n) is 5.31. The third-order valence-corrected chi connectivity index (χ3v) is 2.83. The Kier molecular flexibility index (Phi) is 4.35. The maximum atomic E-state index is 11.2. The molecule has 1 aliphatic carbocycles. The van der Waals surface area contributed by atoms with Gasteiger partial charge >= 0.3 is 0 Å². The highest BCUT2D eigenvalue weighted by Crippen LogP contribution is 2.18. The average molecular weight is 200 g/mol. The number of rotatable bonds is 3. The molecule has 1 unspecified atom stereocenters. The lowest BCUT2D eigenvalue weighted by molar-refractivity contribution is -0.122. The third kappa shape index (κ3) is 2.96. The zero-order chi connectivity index (χ0) is 10.6. The van der Waals surface area contributed by atoms with Crippen LogP contribution in [-0.4, -0.2) is 36.2 Å². The second-order valence-corrected chi connectivity index (χ2v) is 3.96. The SMILES string of the molecule is CNC(=O)C(C)N[C@H]1CCCC[C@@H]1O. The van der Waals surface area contributed by atoms with E-state index in [-0.39, 0.29) is 24.1 Å². The van der Waals surface area contributed by atoms with Gasteiger partial charge in [-0.25, -0.2) is 0 Å². The zero-order valence-electron chi connectivity index (χ0n) is 8.92. The van der Waals surface area contributed by atoms with E-state index in [2.05, 4.69) is 10.6 Å². The molecule has 1 aliphatic rings. The molecule has 1 saturated carbocycles. The van der Waals surface area contributed by atoms with Crippen molar-refractivity contribution in [1.29, 1.82) is 0 Å². The van der Waals surface area contributed by atoms with Crippen molar-refractivity contribution in [3.63, 3.8) is 0 Å². The molecule has 0 aromatic heterocycles. The molecule has 0 aliphatic heterocycles. The van der Waals surface area contributed by atoms with Crippen molar-refractivity contribution in [1.82, 2.24) is 10.6 Å². The lowest BCUT2D eigenvalue weighted by Gasteiger charge is -2.30. The summed E-state index contributed by atoms with van der Waals surface area (Å²) >= 11 is 0. The monoisotopic (exact) mass is 200 g/mol. The van der Waals surface area contributed by atoms with Crippen molar-refractivity contribution in [2.75, 3.05) is 7.05 Å². The Morgan fingerprint density at radius 2 is 2.07 bits per heavy atom. The highest BCUT2D eigenvalue weighted by atomic mass is 16.3. The summed E-state index contributed by atoms with van der Waals surface area (Å²) in [6.07, 6.45) is 3.74. The van der Waals surface area contributed by atoms with Gasteiger partial charge in [0.2, 0.25) is 5.91 Å². The number of hydrogen-bond donors (Lipinski definition) is 3. The first-order valence-corrected chi connectivity index (χ1v) is 5.31. The van der Waals surface area contributed by atoms with Crippen LogP contribution in [0.5, 0.6) is 0 Å². The van der Waals surface area contributed by atoms with Crippen molar-refractivity contribution >= 4 is 5.91 Å². The van der Waals surface area contributed by atoms with Crippen molar-refractivity contribution in [3.8, 4) is 0 Å². The van der Waals surface area contributed by atoms with E-state index in [1.165, 1.54) is 0 Å². The molecule has 0 aromatic rings. The number of aliphatic hydroxyl groups is 1. The van der Waals surface area contributed by atoms with Crippen LogP contribution in [0.15, 0.2) is 0 Å². The van der Waals surface area contributed by atoms with Crippen LogP contribution in [0.25, 0.3) is 0 Å². The van der Waals surface area contributed by atoms with Gasteiger partial charge in [0.15, 0.2) is 0 Å². The fourth-order valence-electron chi connectivity index (χ4n) is 1.92. The molecule has 4 nitrogen and oxygen atoms in total. The van der Waals surface area contributed by atoms with Gasteiger partial charge < -0.3 is 15.7 Å². The van der Waals surface area contributed by atoms with Crippen LogP contribution in [0.3, 0.4) is 0 Å². The molecule has 3 atom stereocenters. The molecule has 1 fully saturated rings. The van der Waals surface area contributed by atoms with Gasteiger partial charge in [-0.2, -0.15) is 0 Å². The summed E-state index contributed by atoms with van der Waals surface area (Å²) in [6, 6.07) is -0.145. The Balaban J connectivity index is 2.38. The molecule has 1 rings (SSSR count). The molecule has 0 saturated heterocycles. The Labute approximate surface area is 85.1 Å². The Morgan fingerprint density at radius 3 is 2.64 bits per heavy atom. The fourth-order valence-corrected chi connectivity index (χ4v) is 1.92. The van der Waals surface area contributed by atoms with Gasteiger partial charge in [-0.05, 0) is 19.8 Å². The number of carbonyl (C=O) groups excluding carboxylic acids is 1. The molecule has 0 bridgehead atoms. The van der Waals surface area contributed by atoms with Crippen molar-refractivity contribution in [2.45, 2.75) is 50.8 Å². The summed E-state index contributed by atoms with van der Waals surface area (Å²) in [5.74, 6) is -0.0252. The largest absolute Gasteiger partial charge is 0.392 e. The van der Waals surface area contributed by atoms with Crippen molar-refractivity contribution < 1.29 is 9.90 Å². The summed E-state index contributed by atoms with van der Waals surface area (Å²) in [5, 5.41) is 15.4. The van der Waals surface area contributed by atoms with Crippen molar-refractivity contribution in [3.05, 3.63) is 0 Å². The van der Waals surface area contributed by atoms with Crippen LogP contribution >= 0.6 is 0 Å². The Hall–Kier alpha value is -0.610. The molecular formula is C10H20N2O2. The predicted octanol–water partition coefficient (Wildman–Crippen LogP) is 0.0140. The topological polar surface area (TPSA) is 61.4 Å². The molecule has 14 heavy (non-hydrogen) atoms. The van der Waals surface area contributed by atoms with Gasteiger partial charge in [0.25, 0.3) is 0 Å². The molecule has 1 amide bonds. The highest BCUT2D eigenvalue weighted by Gasteiger charge is 2.25. The number of hydrogen-bond acceptors (Lipinski definition) is 3. The van der Waals surface area contributed by atoms with E-state index in [1.54, 1.807) is 7.05 Å². The summed E-state index contributed by atoms with van der Waals surface area (Å²) in [6.45, 7) is 1.82. The van der Waals surface area contributed by atoms with Crippen LogP contribution in [0.2, 0.25) is 0 Å². The molecule has 0 heterocycles. The maximum Gasteiger partial charge on any atom is 0.236 e. The van der Waals surface area contributed by atoms with E-state index >= 15 is 0 Å². The third-order valence-electron chi connectivity index (χ3n) is 2.83. The van der Waals surface area contributed by atoms with Crippen molar-refractivity contribution in [2.24, 2.45) is 0 Å². The minimum atomic E-state index is -0.296. The van der Waals surface area contributed by atoms with E-state index in [4.69, 9.17) is 0 Å². The number of likely N-dealkylation sites (N-methyl/N-ethyl adjacent to an activating group) is 1. The molecule has 82 valence electrons. The van der Waals surface area contributed by atoms with Gasteiger partial charge in [-0.15, -0.1) is 0 Å². The zero-order valence-corrected chi connectivity index (χ0v) is 8.92. The second kappa shape index (κ2) is 5.32. The average Bonchev–Trinajstić information content (AvgIpc) is 2.20.